The first kappa shape index (κ1) is 19.1. The highest BCUT2D eigenvalue weighted by molar-refractivity contribution is 7.85. The topological polar surface area (TPSA) is 180 Å². The van der Waals surface area contributed by atoms with Crippen LogP contribution in [0.15, 0.2) is 47.4 Å². The molecule has 6 N–H and O–H groups in total. The van der Waals surface area contributed by atoms with Gasteiger partial charge in [-0.25, -0.2) is 18.0 Å². The van der Waals surface area contributed by atoms with Gasteiger partial charge >= 0.3 is 11.9 Å². The van der Waals surface area contributed by atoms with Crippen LogP contribution < -0.4 is 5.73 Å². The molecule has 0 aromatic heterocycles. The maximum atomic E-state index is 10.5. The van der Waals surface area contributed by atoms with Crippen molar-refractivity contribution < 1.29 is 43.6 Å². The average molecular weight is 355 g/mol. The summed E-state index contributed by atoms with van der Waals surface area (Å²) in [5.41, 5.74) is 3.98. The zero-order valence-electron chi connectivity index (χ0n) is 12.0. The molecule has 0 unspecified atom stereocenters. The fourth-order valence-corrected chi connectivity index (χ4v) is 2.04. The minimum atomic E-state index is -4.70. The largest absolute Gasteiger partial charge is 0.744 e. The minimum absolute atomic E-state index is 0.285. The van der Waals surface area contributed by atoms with Crippen molar-refractivity contribution in [2.45, 2.75) is 4.90 Å². The van der Waals surface area contributed by atoms with Crippen LogP contribution in [0.4, 0.5) is 5.69 Å². The van der Waals surface area contributed by atoms with Crippen LogP contribution in [0.1, 0.15) is 20.7 Å². The van der Waals surface area contributed by atoms with E-state index in [1.807, 2.05) is 0 Å². The molecule has 0 aliphatic heterocycles. The van der Waals surface area contributed by atoms with Crippen molar-refractivity contribution in [2.24, 2.45) is 0 Å². The fraction of sp³-hybridized carbons (Fsp3) is 0. The van der Waals surface area contributed by atoms with Crippen molar-refractivity contribution >= 4 is 27.7 Å². The average Bonchev–Trinajstić information content (AvgIpc) is 2.46. The first-order valence-corrected chi connectivity index (χ1v) is 7.60. The van der Waals surface area contributed by atoms with Gasteiger partial charge < -0.3 is 25.6 Å². The highest BCUT2D eigenvalue weighted by Gasteiger charge is 2.12. The van der Waals surface area contributed by atoms with Gasteiger partial charge in [-0.05, 0) is 30.3 Å². The van der Waals surface area contributed by atoms with Gasteiger partial charge in [0.05, 0.1) is 10.5 Å². The van der Waals surface area contributed by atoms with E-state index in [1.165, 1.54) is 12.1 Å². The lowest BCUT2D eigenvalue weighted by molar-refractivity contribution is -0.254. The Balaban J connectivity index is 0.000000254. The number of carboxylic acids is 2. The molecule has 0 bridgehead atoms. The fourth-order valence-electron chi connectivity index (χ4n) is 1.55. The zero-order valence-corrected chi connectivity index (χ0v) is 12.9. The predicted molar refractivity (Wildman–Crippen MR) is 79.0 cm³/mol. The Bertz CT molecular complexity index is 876. The molecule has 0 spiro atoms. The van der Waals surface area contributed by atoms with Crippen LogP contribution in [-0.2, 0) is 10.1 Å². The molecule has 128 valence electrons. The first-order chi connectivity index (χ1) is 11.0. The molecule has 0 aliphatic rings. The zero-order chi connectivity index (χ0) is 18.5. The molecular weight excluding hydrogens is 342 g/mol. The van der Waals surface area contributed by atoms with E-state index in [4.69, 9.17) is 15.3 Å². The van der Waals surface area contributed by atoms with Gasteiger partial charge in [0.15, 0.2) is 0 Å². The Morgan fingerprint density at radius 2 is 1.62 bits per heavy atom. The van der Waals surface area contributed by atoms with Crippen molar-refractivity contribution in [3.8, 4) is 5.75 Å². The Hall–Kier alpha value is -2.95. The number of carboxylic acid groups (broad SMARTS) is 2. The highest BCUT2D eigenvalue weighted by Crippen LogP contribution is 2.20. The maximum absolute atomic E-state index is 10.5. The molecule has 2 rings (SSSR count). The van der Waals surface area contributed by atoms with Gasteiger partial charge in [0.1, 0.15) is 27.1 Å². The summed E-state index contributed by atoms with van der Waals surface area (Å²) in [4.78, 5) is 20.1. The normalized spacial score (nSPS) is 10.4. The smallest absolute Gasteiger partial charge is 0.339 e. The molecule has 0 heterocycles. The molecule has 0 fully saturated rings. The summed E-state index contributed by atoms with van der Waals surface area (Å²) in [5, 5.41) is 26.0. The monoisotopic (exact) mass is 355 g/mol. The van der Waals surface area contributed by atoms with Crippen molar-refractivity contribution in [1.29, 1.82) is 0 Å². The van der Waals surface area contributed by atoms with Gasteiger partial charge in [0.2, 0.25) is 0 Å². The predicted octanol–water partition coefficient (Wildman–Crippen LogP) is 0.253. The SMILES string of the molecule is O=C(O)c1cc(S(=O)(=O)[O-])ccc1O.[NH3+]c1cccc(C(=O)O)c1. The summed E-state index contributed by atoms with van der Waals surface area (Å²) in [7, 11) is -4.70. The van der Waals surface area contributed by atoms with Gasteiger partial charge in [-0.3, -0.25) is 0 Å². The van der Waals surface area contributed by atoms with Crippen LogP contribution >= 0.6 is 0 Å². The summed E-state index contributed by atoms with van der Waals surface area (Å²) in [5.74, 6) is -3.01. The first-order valence-electron chi connectivity index (χ1n) is 6.20. The standard InChI is InChI=1S/C7H7NO2.C7H6O6S/c8-6-3-1-2-5(4-6)7(9)10;8-6-2-1-4(14(11,12)13)3-5(6)7(9)10/h1-4H,8H2,(H,9,10);1-3,8H,(H,9,10)(H,11,12,13). The molecule has 2 aromatic rings. The van der Waals surface area contributed by atoms with Crippen LogP contribution in [0.2, 0.25) is 0 Å². The molecule has 0 saturated heterocycles. The second-order valence-electron chi connectivity index (χ2n) is 4.44. The quantitative estimate of drug-likeness (QED) is 0.565. The summed E-state index contributed by atoms with van der Waals surface area (Å²) >= 11 is 0. The van der Waals surface area contributed by atoms with E-state index in [0.717, 1.165) is 17.8 Å². The molecule has 0 radical (unpaired) electrons. The van der Waals surface area contributed by atoms with E-state index < -0.39 is 38.3 Å². The number of quaternary nitrogens is 1. The van der Waals surface area contributed by atoms with Gasteiger partial charge in [-0.1, -0.05) is 6.07 Å². The number of hydrogen-bond acceptors (Lipinski definition) is 6. The lowest BCUT2D eigenvalue weighted by Crippen LogP contribution is -2.40. The maximum Gasteiger partial charge on any atom is 0.339 e. The Kier molecular flexibility index (Phi) is 6.01. The highest BCUT2D eigenvalue weighted by atomic mass is 32.2. The number of aromatic carboxylic acids is 2. The molecule has 0 saturated carbocycles. The summed E-state index contributed by atoms with van der Waals surface area (Å²) in [6.07, 6.45) is 0. The molecule has 0 amide bonds. The second kappa shape index (κ2) is 7.55. The number of phenols is 1. The molecular formula is C14H13NO8S. The molecule has 0 atom stereocenters. The van der Waals surface area contributed by atoms with E-state index in [2.05, 4.69) is 5.73 Å². The van der Waals surface area contributed by atoms with Gasteiger partial charge in [-0.2, -0.15) is 0 Å². The second-order valence-corrected chi connectivity index (χ2v) is 5.82. The molecule has 2 aromatic carbocycles. The number of aromatic hydroxyl groups is 1. The molecule has 10 heteroatoms. The molecule has 24 heavy (non-hydrogen) atoms. The van der Waals surface area contributed by atoms with Crippen LogP contribution in [0.3, 0.4) is 0 Å². The van der Waals surface area contributed by atoms with Crippen LogP contribution in [0.25, 0.3) is 0 Å². The lowest BCUT2D eigenvalue weighted by Gasteiger charge is -2.08. The Morgan fingerprint density at radius 3 is 2.04 bits per heavy atom. The summed E-state index contributed by atoms with van der Waals surface area (Å²) < 4.78 is 31.5. The van der Waals surface area contributed by atoms with Crippen LogP contribution in [-0.4, -0.2) is 40.2 Å². The molecule has 9 nitrogen and oxygen atoms in total. The van der Waals surface area contributed by atoms with E-state index in [9.17, 15) is 22.6 Å². The van der Waals surface area contributed by atoms with Gasteiger partial charge in [-0.15, -0.1) is 0 Å². The van der Waals surface area contributed by atoms with E-state index in [0.29, 0.717) is 6.07 Å². The van der Waals surface area contributed by atoms with Crippen molar-refractivity contribution in [3.05, 3.63) is 53.6 Å². The summed E-state index contributed by atoms with van der Waals surface area (Å²) in [6.45, 7) is 0. The third-order valence-electron chi connectivity index (χ3n) is 2.66. The third-order valence-corrected chi connectivity index (χ3v) is 3.49. The van der Waals surface area contributed by atoms with Crippen molar-refractivity contribution in [1.82, 2.24) is 0 Å². The van der Waals surface area contributed by atoms with Crippen molar-refractivity contribution in [2.75, 3.05) is 0 Å². The number of rotatable bonds is 3. The van der Waals surface area contributed by atoms with Gasteiger partial charge in [0.25, 0.3) is 0 Å². The Labute approximate surface area is 136 Å². The minimum Gasteiger partial charge on any atom is -0.744 e. The van der Waals surface area contributed by atoms with E-state index in [1.54, 1.807) is 12.1 Å². The number of carbonyl (C=O) groups is 2. The van der Waals surface area contributed by atoms with E-state index in [-0.39, 0.29) is 5.56 Å². The van der Waals surface area contributed by atoms with E-state index >= 15 is 0 Å². The van der Waals surface area contributed by atoms with Crippen LogP contribution in [0, 0.1) is 0 Å². The number of benzene rings is 2. The lowest BCUT2D eigenvalue weighted by atomic mass is 10.2. The number of hydrogen-bond donors (Lipinski definition) is 4. The Morgan fingerprint density at radius 1 is 1.00 bits per heavy atom. The van der Waals surface area contributed by atoms with Crippen LogP contribution in [0.5, 0.6) is 5.75 Å². The third kappa shape index (κ3) is 5.35. The van der Waals surface area contributed by atoms with Gasteiger partial charge in [0, 0.05) is 6.07 Å². The van der Waals surface area contributed by atoms with Crippen molar-refractivity contribution in [3.63, 3.8) is 0 Å². The summed E-state index contributed by atoms with van der Waals surface area (Å²) in [6, 6.07) is 8.79. The molecule has 0 aliphatic carbocycles.